The molecule has 2 unspecified atom stereocenters. The zero-order valence-corrected chi connectivity index (χ0v) is 8.65. The van der Waals surface area contributed by atoms with Gasteiger partial charge in [0.25, 0.3) is 0 Å². The van der Waals surface area contributed by atoms with E-state index in [9.17, 15) is 0 Å². The van der Waals surface area contributed by atoms with E-state index in [2.05, 4.69) is 34.6 Å². The molecule has 0 saturated heterocycles. The highest BCUT2D eigenvalue weighted by atomic mass is 14.6. The van der Waals surface area contributed by atoms with E-state index in [1.165, 1.54) is 12.8 Å². The molecule has 0 spiro atoms. The summed E-state index contributed by atoms with van der Waals surface area (Å²) in [6, 6.07) is 0.316. The van der Waals surface area contributed by atoms with E-state index in [1.807, 2.05) is 0 Å². The summed E-state index contributed by atoms with van der Waals surface area (Å²) < 4.78 is 0. The largest absolute Gasteiger partial charge is 0.328 e. The molecule has 0 aliphatic heterocycles. The Kier molecular flexibility index (Phi) is 4.09. The van der Waals surface area contributed by atoms with Gasteiger partial charge in [-0.3, -0.25) is 0 Å². The molecule has 68 valence electrons. The van der Waals surface area contributed by atoms with Gasteiger partial charge < -0.3 is 5.73 Å². The smallest absolute Gasteiger partial charge is 0.00412 e. The first-order chi connectivity index (χ1) is 4.91. The Morgan fingerprint density at radius 3 is 2.00 bits per heavy atom. The fourth-order valence-electron chi connectivity index (χ4n) is 1.58. The van der Waals surface area contributed by atoms with Gasteiger partial charge in [-0.2, -0.15) is 0 Å². The van der Waals surface area contributed by atoms with Gasteiger partial charge >= 0.3 is 0 Å². The van der Waals surface area contributed by atoms with E-state index in [0.29, 0.717) is 17.4 Å². The van der Waals surface area contributed by atoms with E-state index in [-0.39, 0.29) is 0 Å². The Morgan fingerprint density at radius 1 is 1.27 bits per heavy atom. The van der Waals surface area contributed by atoms with Gasteiger partial charge in [-0.15, -0.1) is 0 Å². The van der Waals surface area contributed by atoms with Gasteiger partial charge in [-0.25, -0.2) is 0 Å². The second-order valence-corrected chi connectivity index (χ2v) is 4.39. The fourth-order valence-corrected chi connectivity index (χ4v) is 1.58. The molecular weight excluding hydrogens is 134 g/mol. The summed E-state index contributed by atoms with van der Waals surface area (Å²) >= 11 is 0. The van der Waals surface area contributed by atoms with Crippen molar-refractivity contribution in [3.05, 3.63) is 0 Å². The van der Waals surface area contributed by atoms with Crippen LogP contribution >= 0.6 is 0 Å². The predicted molar refractivity (Wildman–Crippen MR) is 51.5 cm³/mol. The minimum Gasteiger partial charge on any atom is -0.328 e. The highest BCUT2D eigenvalue weighted by molar-refractivity contribution is 4.79. The number of rotatable bonds is 4. The second kappa shape index (κ2) is 4.10. The van der Waals surface area contributed by atoms with Crippen molar-refractivity contribution < 1.29 is 0 Å². The normalized spacial score (nSPS) is 18.0. The third-order valence-corrected chi connectivity index (χ3v) is 2.92. The molecule has 0 radical (unpaired) electrons. The molecule has 0 fully saturated rings. The summed E-state index contributed by atoms with van der Waals surface area (Å²) in [4.78, 5) is 0. The lowest BCUT2D eigenvalue weighted by atomic mass is 9.73. The molecule has 11 heavy (non-hydrogen) atoms. The van der Waals surface area contributed by atoms with Crippen LogP contribution < -0.4 is 5.73 Å². The van der Waals surface area contributed by atoms with Crippen molar-refractivity contribution in [2.45, 2.75) is 53.5 Å². The topological polar surface area (TPSA) is 26.0 Å². The van der Waals surface area contributed by atoms with Crippen molar-refractivity contribution in [1.82, 2.24) is 0 Å². The molecule has 2 atom stereocenters. The van der Waals surface area contributed by atoms with Gasteiger partial charge in [0.15, 0.2) is 0 Å². The van der Waals surface area contributed by atoms with Crippen LogP contribution in [0, 0.1) is 11.3 Å². The van der Waals surface area contributed by atoms with E-state index >= 15 is 0 Å². The maximum Gasteiger partial charge on any atom is 0.00412 e. The molecule has 1 heteroatoms. The Balaban J connectivity index is 4.05. The minimum atomic E-state index is 0.316. The lowest BCUT2D eigenvalue weighted by molar-refractivity contribution is 0.185. The van der Waals surface area contributed by atoms with Crippen LogP contribution in [0.4, 0.5) is 0 Å². The highest BCUT2D eigenvalue weighted by Crippen LogP contribution is 2.32. The summed E-state index contributed by atoms with van der Waals surface area (Å²) in [6.07, 6.45) is 2.53. The number of nitrogens with two attached hydrogens (primary N) is 1. The van der Waals surface area contributed by atoms with Crippen molar-refractivity contribution in [2.24, 2.45) is 17.1 Å². The average Bonchev–Trinajstić information content (AvgIpc) is 1.86. The van der Waals surface area contributed by atoms with E-state index in [1.54, 1.807) is 0 Å². The molecule has 0 aliphatic carbocycles. The molecule has 0 aromatic carbocycles. The van der Waals surface area contributed by atoms with E-state index < -0.39 is 0 Å². The molecule has 0 heterocycles. The standard InChI is InChI=1S/C10H23N/c1-6-7-10(4,5)8(2)9(3)11/h8-9H,6-7,11H2,1-5H3. The molecule has 1 nitrogen and oxygen atoms in total. The van der Waals surface area contributed by atoms with Gasteiger partial charge in [-0.1, -0.05) is 34.1 Å². The molecule has 0 bridgehead atoms. The maximum absolute atomic E-state index is 5.85. The van der Waals surface area contributed by atoms with Crippen LogP contribution in [0.25, 0.3) is 0 Å². The first-order valence-electron chi connectivity index (χ1n) is 4.67. The van der Waals surface area contributed by atoms with Gasteiger partial charge in [0.05, 0.1) is 0 Å². The SMILES string of the molecule is CCCC(C)(C)C(C)C(C)N. The highest BCUT2D eigenvalue weighted by Gasteiger charge is 2.26. The fraction of sp³-hybridized carbons (Fsp3) is 1.00. The van der Waals surface area contributed by atoms with Crippen LogP contribution in [0.2, 0.25) is 0 Å². The molecule has 2 N–H and O–H groups in total. The summed E-state index contributed by atoms with van der Waals surface area (Å²) in [7, 11) is 0. The third-order valence-electron chi connectivity index (χ3n) is 2.92. The average molecular weight is 157 g/mol. The second-order valence-electron chi connectivity index (χ2n) is 4.39. The lowest BCUT2D eigenvalue weighted by Gasteiger charge is -2.34. The first-order valence-corrected chi connectivity index (χ1v) is 4.67. The van der Waals surface area contributed by atoms with Crippen LogP contribution in [0.3, 0.4) is 0 Å². The zero-order valence-electron chi connectivity index (χ0n) is 8.65. The van der Waals surface area contributed by atoms with Gasteiger partial charge in [0.2, 0.25) is 0 Å². The van der Waals surface area contributed by atoms with Crippen molar-refractivity contribution in [3.8, 4) is 0 Å². The van der Waals surface area contributed by atoms with Crippen molar-refractivity contribution in [3.63, 3.8) is 0 Å². The first kappa shape index (κ1) is 11.0. The monoisotopic (exact) mass is 157 g/mol. The van der Waals surface area contributed by atoms with Crippen LogP contribution in [0.15, 0.2) is 0 Å². The third kappa shape index (κ3) is 3.24. The molecule has 0 aromatic rings. The Labute approximate surface area is 71.4 Å². The van der Waals surface area contributed by atoms with Crippen LogP contribution in [-0.4, -0.2) is 6.04 Å². The lowest BCUT2D eigenvalue weighted by Crippen LogP contribution is -2.35. The predicted octanol–water partition coefficient (Wildman–Crippen LogP) is 2.80. The van der Waals surface area contributed by atoms with Crippen LogP contribution in [-0.2, 0) is 0 Å². The number of hydrogen-bond acceptors (Lipinski definition) is 1. The molecular formula is C10H23N. The molecule has 0 saturated carbocycles. The maximum atomic E-state index is 5.85. The Bertz CT molecular complexity index is 105. The number of hydrogen-bond donors (Lipinski definition) is 1. The molecule has 0 amide bonds. The van der Waals surface area contributed by atoms with Gasteiger partial charge in [-0.05, 0) is 24.7 Å². The summed E-state index contributed by atoms with van der Waals surface area (Å²) in [6.45, 7) is 11.2. The zero-order chi connectivity index (χ0) is 9.07. The van der Waals surface area contributed by atoms with Crippen molar-refractivity contribution >= 4 is 0 Å². The quantitative estimate of drug-likeness (QED) is 0.667. The summed E-state index contributed by atoms with van der Waals surface area (Å²) in [5.41, 5.74) is 6.26. The van der Waals surface area contributed by atoms with Crippen molar-refractivity contribution in [1.29, 1.82) is 0 Å². The summed E-state index contributed by atoms with van der Waals surface area (Å²) in [5, 5.41) is 0. The minimum absolute atomic E-state index is 0.316. The van der Waals surface area contributed by atoms with E-state index in [4.69, 9.17) is 5.73 Å². The van der Waals surface area contributed by atoms with E-state index in [0.717, 1.165) is 0 Å². The van der Waals surface area contributed by atoms with Gasteiger partial charge in [0.1, 0.15) is 0 Å². The molecule has 0 rings (SSSR count). The summed E-state index contributed by atoms with van der Waals surface area (Å²) in [5.74, 6) is 0.613. The Morgan fingerprint density at radius 2 is 1.73 bits per heavy atom. The molecule has 0 aliphatic rings. The van der Waals surface area contributed by atoms with Crippen molar-refractivity contribution in [2.75, 3.05) is 0 Å². The van der Waals surface area contributed by atoms with Crippen LogP contribution in [0.1, 0.15) is 47.5 Å². The van der Waals surface area contributed by atoms with Crippen LogP contribution in [0.5, 0.6) is 0 Å². The van der Waals surface area contributed by atoms with Gasteiger partial charge in [0, 0.05) is 6.04 Å². The Hall–Kier alpha value is -0.0400. The molecule has 0 aromatic heterocycles.